The molecule has 27 heavy (non-hydrogen) atoms. The number of fused-ring (bicyclic) bond motifs is 1. The van der Waals surface area contributed by atoms with E-state index in [1.54, 1.807) is 41.9 Å². The van der Waals surface area contributed by atoms with Gasteiger partial charge in [0.2, 0.25) is 0 Å². The van der Waals surface area contributed by atoms with Gasteiger partial charge in [0, 0.05) is 28.2 Å². The highest BCUT2D eigenvalue weighted by Crippen LogP contribution is 2.37. The Morgan fingerprint density at radius 1 is 1.11 bits per heavy atom. The molecule has 0 fully saturated rings. The van der Waals surface area contributed by atoms with Crippen LogP contribution in [0.2, 0.25) is 0 Å². The Balaban J connectivity index is 1.79. The number of nitrogens with one attached hydrogen (secondary N) is 2. The van der Waals surface area contributed by atoms with Gasteiger partial charge in [-0.3, -0.25) is 10.1 Å². The summed E-state index contributed by atoms with van der Waals surface area (Å²) < 4.78 is 40.0. The molecule has 4 rings (SSSR count). The molecule has 2 N–H and O–H groups in total. The number of aromatic amines is 1. The first kappa shape index (κ1) is 17.3. The summed E-state index contributed by atoms with van der Waals surface area (Å²) in [5.74, 6) is -0.381. The molecule has 4 nitrogen and oxygen atoms in total. The minimum Gasteiger partial charge on any atom is -0.354 e. The highest BCUT2D eigenvalue weighted by Gasteiger charge is 2.33. The van der Waals surface area contributed by atoms with E-state index >= 15 is 0 Å². The average molecular weight is 387 g/mol. The van der Waals surface area contributed by atoms with Gasteiger partial charge in [-0.1, -0.05) is 30.3 Å². The van der Waals surface area contributed by atoms with E-state index in [1.807, 2.05) is 0 Å². The Hall–Kier alpha value is -3.13. The minimum atomic E-state index is -4.47. The van der Waals surface area contributed by atoms with Gasteiger partial charge in [-0.05, 0) is 18.2 Å². The zero-order valence-corrected chi connectivity index (χ0v) is 14.5. The first-order chi connectivity index (χ1) is 12.9. The molecule has 4 aromatic rings. The fourth-order valence-corrected chi connectivity index (χ4v) is 3.43. The Kier molecular flexibility index (Phi) is 4.19. The number of rotatable bonds is 3. The topological polar surface area (TPSA) is 57.8 Å². The average Bonchev–Trinajstić information content (AvgIpc) is 3.29. The van der Waals surface area contributed by atoms with E-state index in [0.717, 1.165) is 6.07 Å². The Morgan fingerprint density at radius 2 is 1.93 bits per heavy atom. The predicted octanol–water partition coefficient (Wildman–Crippen LogP) is 5.56. The maximum absolute atomic E-state index is 13.3. The minimum absolute atomic E-state index is 0.0347. The number of H-pyrrole nitrogens is 1. The van der Waals surface area contributed by atoms with Crippen LogP contribution in [0.25, 0.3) is 22.2 Å². The van der Waals surface area contributed by atoms with Crippen molar-refractivity contribution in [1.82, 2.24) is 9.97 Å². The summed E-state index contributed by atoms with van der Waals surface area (Å²) in [4.78, 5) is 19.5. The number of amides is 1. The van der Waals surface area contributed by atoms with Crippen LogP contribution in [-0.2, 0) is 6.18 Å². The van der Waals surface area contributed by atoms with E-state index in [-0.39, 0.29) is 11.5 Å². The maximum Gasteiger partial charge on any atom is 0.417 e. The van der Waals surface area contributed by atoms with Crippen LogP contribution in [-0.4, -0.2) is 15.9 Å². The smallest absolute Gasteiger partial charge is 0.354 e. The van der Waals surface area contributed by atoms with Gasteiger partial charge in [0.15, 0.2) is 5.13 Å². The molecule has 2 aromatic carbocycles. The summed E-state index contributed by atoms with van der Waals surface area (Å²) in [6.45, 7) is 0. The second-order valence-electron chi connectivity index (χ2n) is 5.79. The lowest BCUT2D eigenvalue weighted by Crippen LogP contribution is -2.12. The summed E-state index contributed by atoms with van der Waals surface area (Å²) in [5.41, 5.74) is 0.405. The summed E-state index contributed by atoms with van der Waals surface area (Å²) in [5, 5.41) is 5.51. The molecular formula is C19H12F3N3OS. The molecule has 0 atom stereocenters. The maximum atomic E-state index is 13.3. The number of carbonyl (C=O) groups is 1. The van der Waals surface area contributed by atoms with Crippen LogP contribution >= 0.6 is 11.3 Å². The van der Waals surface area contributed by atoms with E-state index in [1.165, 1.54) is 23.5 Å². The molecule has 2 aromatic heterocycles. The van der Waals surface area contributed by atoms with Gasteiger partial charge in [0.25, 0.3) is 5.91 Å². The van der Waals surface area contributed by atoms with Gasteiger partial charge in [-0.25, -0.2) is 4.98 Å². The fraction of sp³-hybridized carbons (Fsp3) is 0.0526. The number of anilines is 1. The van der Waals surface area contributed by atoms with Crippen LogP contribution in [0.1, 0.15) is 15.9 Å². The number of para-hydroxylation sites is 1. The number of carbonyl (C=O) groups excluding carboxylic acids is 1. The Labute approximate surface area is 155 Å². The predicted molar refractivity (Wildman–Crippen MR) is 98.8 cm³/mol. The van der Waals surface area contributed by atoms with Crippen LogP contribution in [0, 0.1) is 0 Å². The highest BCUT2D eigenvalue weighted by atomic mass is 32.1. The third-order valence-corrected chi connectivity index (χ3v) is 4.76. The lowest BCUT2D eigenvalue weighted by Gasteiger charge is -2.11. The van der Waals surface area contributed by atoms with Crippen molar-refractivity contribution in [2.45, 2.75) is 6.18 Å². The molecule has 0 aliphatic carbocycles. The SMILES string of the molecule is O=C(Nc1nccs1)c1cccc2cc(-c3ccccc3C(F)(F)F)[nH]c12. The molecule has 2 heterocycles. The molecule has 136 valence electrons. The summed E-state index contributed by atoms with van der Waals surface area (Å²) in [6, 6.07) is 12.0. The van der Waals surface area contributed by atoms with Crippen molar-refractivity contribution in [2.75, 3.05) is 5.32 Å². The molecule has 8 heteroatoms. The number of nitrogens with zero attached hydrogens (tertiary/aromatic N) is 1. The lowest BCUT2D eigenvalue weighted by molar-refractivity contribution is -0.137. The summed E-state index contributed by atoms with van der Waals surface area (Å²) in [6.07, 6.45) is -2.90. The monoisotopic (exact) mass is 387 g/mol. The van der Waals surface area contributed by atoms with Crippen molar-refractivity contribution < 1.29 is 18.0 Å². The third-order valence-electron chi connectivity index (χ3n) is 4.08. The number of hydrogen-bond donors (Lipinski definition) is 2. The van der Waals surface area contributed by atoms with E-state index in [0.29, 0.717) is 27.3 Å². The Morgan fingerprint density at radius 3 is 2.67 bits per heavy atom. The number of thiazole rings is 1. The number of aromatic nitrogens is 2. The largest absolute Gasteiger partial charge is 0.417 e. The third kappa shape index (κ3) is 3.31. The van der Waals surface area contributed by atoms with Crippen LogP contribution in [0.15, 0.2) is 60.1 Å². The van der Waals surface area contributed by atoms with Crippen LogP contribution in [0.4, 0.5) is 18.3 Å². The molecule has 0 aliphatic heterocycles. The van der Waals surface area contributed by atoms with Crippen molar-refractivity contribution in [1.29, 1.82) is 0 Å². The summed E-state index contributed by atoms with van der Waals surface area (Å²) in [7, 11) is 0. The molecule has 0 radical (unpaired) electrons. The molecule has 0 aliphatic rings. The van der Waals surface area contributed by atoms with E-state index in [9.17, 15) is 18.0 Å². The number of hydrogen-bond acceptors (Lipinski definition) is 3. The van der Waals surface area contributed by atoms with Gasteiger partial charge in [0.1, 0.15) is 0 Å². The number of alkyl halides is 3. The second-order valence-corrected chi connectivity index (χ2v) is 6.68. The van der Waals surface area contributed by atoms with E-state index in [2.05, 4.69) is 15.3 Å². The molecule has 0 bridgehead atoms. The van der Waals surface area contributed by atoms with Crippen molar-refractivity contribution in [3.05, 3.63) is 71.2 Å². The van der Waals surface area contributed by atoms with Crippen molar-refractivity contribution in [3.63, 3.8) is 0 Å². The van der Waals surface area contributed by atoms with Crippen LogP contribution in [0.5, 0.6) is 0 Å². The lowest BCUT2D eigenvalue weighted by atomic mass is 10.0. The van der Waals surface area contributed by atoms with Gasteiger partial charge >= 0.3 is 6.18 Å². The van der Waals surface area contributed by atoms with Crippen LogP contribution < -0.4 is 5.32 Å². The van der Waals surface area contributed by atoms with Gasteiger partial charge in [-0.15, -0.1) is 11.3 Å². The number of benzene rings is 2. The molecule has 0 saturated heterocycles. The first-order valence-electron chi connectivity index (χ1n) is 7.92. The molecule has 1 amide bonds. The van der Waals surface area contributed by atoms with Crippen molar-refractivity contribution in [2.24, 2.45) is 0 Å². The Bertz CT molecular complexity index is 1120. The normalized spacial score (nSPS) is 11.7. The number of halogens is 3. The quantitative estimate of drug-likeness (QED) is 0.483. The zero-order chi connectivity index (χ0) is 19.0. The van der Waals surface area contributed by atoms with Gasteiger partial charge in [0.05, 0.1) is 16.6 Å². The van der Waals surface area contributed by atoms with Gasteiger partial charge in [-0.2, -0.15) is 13.2 Å². The molecule has 0 saturated carbocycles. The first-order valence-corrected chi connectivity index (χ1v) is 8.80. The standard InChI is InChI=1S/C19H12F3N3OS/c20-19(21,22)14-7-2-1-5-12(14)15-10-11-4-3-6-13(16(11)24-15)17(26)25-18-23-8-9-27-18/h1-10,24H,(H,23,25,26). The van der Waals surface area contributed by atoms with E-state index in [4.69, 9.17) is 0 Å². The van der Waals surface area contributed by atoms with Crippen molar-refractivity contribution in [3.8, 4) is 11.3 Å². The summed E-state index contributed by atoms with van der Waals surface area (Å²) >= 11 is 1.28. The fourth-order valence-electron chi connectivity index (χ4n) is 2.91. The van der Waals surface area contributed by atoms with Crippen molar-refractivity contribution >= 4 is 33.3 Å². The van der Waals surface area contributed by atoms with Crippen LogP contribution in [0.3, 0.4) is 0 Å². The molecular weight excluding hydrogens is 375 g/mol. The second kappa shape index (κ2) is 6.55. The zero-order valence-electron chi connectivity index (χ0n) is 13.7. The van der Waals surface area contributed by atoms with E-state index < -0.39 is 11.7 Å². The highest BCUT2D eigenvalue weighted by molar-refractivity contribution is 7.13. The molecule has 0 spiro atoms. The van der Waals surface area contributed by atoms with Gasteiger partial charge < -0.3 is 4.98 Å². The molecule has 0 unspecified atom stereocenters.